The maximum Gasteiger partial charge on any atom is 0.0594 e. The Morgan fingerprint density at radius 2 is 1.75 bits per heavy atom. The molecule has 32 heavy (non-hydrogen) atoms. The van der Waals surface area contributed by atoms with E-state index < -0.39 is 0 Å². The van der Waals surface area contributed by atoms with Gasteiger partial charge in [0.1, 0.15) is 0 Å². The summed E-state index contributed by atoms with van der Waals surface area (Å²) in [6.07, 6.45) is 5.01. The minimum atomic E-state index is 0.868. The van der Waals surface area contributed by atoms with Gasteiger partial charge in [0, 0.05) is 63.1 Å². The van der Waals surface area contributed by atoms with Crippen LogP contribution in [0.5, 0.6) is 0 Å². The number of morpholine rings is 1. The molecular formula is C27H36N4O. The monoisotopic (exact) mass is 432 g/mol. The predicted molar refractivity (Wildman–Crippen MR) is 130 cm³/mol. The molecule has 170 valence electrons. The lowest BCUT2D eigenvalue weighted by molar-refractivity contribution is 0.0359. The molecule has 0 saturated carbocycles. The molecule has 0 unspecified atom stereocenters. The first-order chi connectivity index (χ1) is 15.7. The molecule has 1 aliphatic rings. The molecule has 1 fully saturated rings. The zero-order valence-corrected chi connectivity index (χ0v) is 19.5. The molecule has 1 aromatic carbocycles. The first-order valence-electron chi connectivity index (χ1n) is 11.8. The number of pyridine rings is 1. The van der Waals surface area contributed by atoms with Gasteiger partial charge in [-0.25, -0.2) is 0 Å². The van der Waals surface area contributed by atoms with Crippen molar-refractivity contribution in [2.24, 2.45) is 0 Å². The van der Waals surface area contributed by atoms with E-state index in [0.29, 0.717) is 0 Å². The summed E-state index contributed by atoms with van der Waals surface area (Å²) in [7, 11) is 0. The van der Waals surface area contributed by atoms with Gasteiger partial charge in [0.15, 0.2) is 0 Å². The van der Waals surface area contributed by atoms with Crippen molar-refractivity contribution in [3.8, 4) is 0 Å². The average molecular weight is 433 g/mol. The lowest BCUT2D eigenvalue weighted by atomic mass is 10.2. The van der Waals surface area contributed by atoms with Crippen molar-refractivity contribution in [3.63, 3.8) is 0 Å². The molecule has 0 spiro atoms. The van der Waals surface area contributed by atoms with Crippen LogP contribution in [0.2, 0.25) is 0 Å². The van der Waals surface area contributed by atoms with Crippen LogP contribution < -0.4 is 0 Å². The molecule has 3 aromatic rings. The third-order valence-corrected chi connectivity index (χ3v) is 6.44. The van der Waals surface area contributed by atoms with Crippen LogP contribution in [0, 0.1) is 13.8 Å². The van der Waals surface area contributed by atoms with Gasteiger partial charge >= 0.3 is 0 Å². The highest BCUT2D eigenvalue weighted by Gasteiger charge is 2.15. The van der Waals surface area contributed by atoms with Gasteiger partial charge in [-0.15, -0.1) is 0 Å². The molecule has 5 heteroatoms. The molecule has 0 aliphatic carbocycles. The summed E-state index contributed by atoms with van der Waals surface area (Å²) < 4.78 is 7.94. The summed E-state index contributed by atoms with van der Waals surface area (Å²) in [5.74, 6) is 0. The van der Waals surface area contributed by atoms with Crippen molar-refractivity contribution in [3.05, 3.63) is 89.0 Å². The van der Waals surface area contributed by atoms with E-state index in [1.54, 1.807) is 0 Å². The smallest absolute Gasteiger partial charge is 0.0594 e. The third kappa shape index (κ3) is 6.28. The minimum absolute atomic E-state index is 0.868. The van der Waals surface area contributed by atoms with Crippen LogP contribution in [0.25, 0.3) is 0 Å². The molecule has 1 saturated heterocycles. The Kier molecular flexibility index (Phi) is 8.10. The van der Waals surface area contributed by atoms with Gasteiger partial charge in [0.2, 0.25) is 0 Å². The Balaban J connectivity index is 1.44. The van der Waals surface area contributed by atoms with Crippen LogP contribution >= 0.6 is 0 Å². The summed E-state index contributed by atoms with van der Waals surface area (Å²) in [4.78, 5) is 9.43. The SMILES string of the molecule is Cc1cc(CN(CCCN2CCOCC2)Cc2cccnc2)c(C)n1Cc1ccccc1. The van der Waals surface area contributed by atoms with E-state index in [9.17, 15) is 0 Å². The highest BCUT2D eigenvalue weighted by atomic mass is 16.5. The van der Waals surface area contributed by atoms with Gasteiger partial charge in [0.05, 0.1) is 13.2 Å². The van der Waals surface area contributed by atoms with E-state index in [-0.39, 0.29) is 0 Å². The fourth-order valence-corrected chi connectivity index (χ4v) is 4.59. The largest absolute Gasteiger partial charge is 0.379 e. The molecule has 4 rings (SSSR count). The molecular weight excluding hydrogens is 396 g/mol. The summed E-state index contributed by atoms with van der Waals surface area (Å²) in [6.45, 7) is 13.4. The van der Waals surface area contributed by atoms with E-state index in [0.717, 1.165) is 59.0 Å². The van der Waals surface area contributed by atoms with Gasteiger partial charge in [0.25, 0.3) is 0 Å². The topological polar surface area (TPSA) is 33.5 Å². The maximum absolute atomic E-state index is 5.49. The van der Waals surface area contributed by atoms with E-state index in [4.69, 9.17) is 4.74 Å². The molecule has 2 aromatic heterocycles. The number of benzene rings is 1. The second-order valence-electron chi connectivity index (χ2n) is 8.85. The van der Waals surface area contributed by atoms with Gasteiger partial charge in [-0.2, -0.15) is 0 Å². The van der Waals surface area contributed by atoms with Crippen molar-refractivity contribution >= 4 is 0 Å². The highest BCUT2D eigenvalue weighted by Crippen LogP contribution is 2.20. The number of aromatic nitrogens is 2. The molecule has 0 atom stereocenters. The zero-order valence-electron chi connectivity index (χ0n) is 19.5. The van der Waals surface area contributed by atoms with E-state index in [2.05, 4.69) is 75.7 Å². The number of ether oxygens (including phenoxy) is 1. The molecule has 1 aliphatic heterocycles. The van der Waals surface area contributed by atoms with Crippen LogP contribution in [-0.2, 0) is 24.4 Å². The number of rotatable bonds is 10. The third-order valence-electron chi connectivity index (χ3n) is 6.44. The second-order valence-corrected chi connectivity index (χ2v) is 8.85. The number of nitrogens with zero attached hydrogens (tertiary/aromatic N) is 4. The Hall–Kier alpha value is -2.47. The summed E-state index contributed by atoms with van der Waals surface area (Å²) >= 11 is 0. The Bertz CT molecular complexity index is 949. The van der Waals surface area contributed by atoms with Crippen molar-refractivity contribution in [1.29, 1.82) is 0 Å². The summed E-state index contributed by atoms with van der Waals surface area (Å²) in [6, 6.07) is 17.3. The molecule has 5 nitrogen and oxygen atoms in total. The minimum Gasteiger partial charge on any atom is -0.379 e. The zero-order chi connectivity index (χ0) is 22.2. The van der Waals surface area contributed by atoms with E-state index in [1.807, 2.05) is 18.5 Å². The summed E-state index contributed by atoms with van der Waals surface area (Å²) in [5, 5.41) is 0. The molecule has 0 N–H and O–H groups in total. The van der Waals surface area contributed by atoms with Crippen LogP contribution in [0.3, 0.4) is 0 Å². The van der Waals surface area contributed by atoms with E-state index in [1.165, 1.54) is 34.5 Å². The fourth-order valence-electron chi connectivity index (χ4n) is 4.59. The fraction of sp³-hybridized carbons (Fsp3) is 0.444. The first kappa shape index (κ1) is 22.7. The van der Waals surface area contributed by atoms with Gasteiger partial charge in [-0.05, 0) is 55.6 Å². The number of aryl methyl sites for hydroxylation is 1. The molecule has 0 radical (unpaired) electrons. The van der Waals surface area contributed by atoms with Crippen molar-refractivity contribution in [2.75, 3.05) is 39.4 Å². The maximum atomic E-state index is 5.49. The number of hydrogen-bond donors (Lipinski definition) is 0. The predicted octanol–water partition coefficient (Wildman–Crippen LogP) is 4.27. The lowest BCUT2D eigenvalue weighted by Crippen LogP contribution is -2.38. The van der Waals surface area contributed by atoms with Crippen LogP contribution in [0.1, 0.15) is 34.5 Å². The van der Waals surface area contributed by atoms with Gasteiger partial charge < -0.3 is 9.30 Å². The first-order valence-corrected chi connectivity index (χ1v) is 11.8. The quantitative estimate of drug-likeness (QED) is 0.479. The van der Waals surface area contributed by atoms with Crippen molar-refractivity contribution < 1.29 is 4.74 Å². The average Bonchev–Trinajstić information content (AvgIpc) is 3.08. The summed E-state index contributed by atoms with van der Waals surface area (Å²) in [5.41, 5.74) is 6.75. The second kappa shape index (κ2) is 11.4. The van der Waals surface area contributed by atoms with E-state index >= 15 is 0 Å². The van der Waals surface area contributed by atoms with Gasteiger partial charge in [-0.1, -0.05) is 36.4 Å². The Morgan fingerprint density at radius 1 is 0.969 bits per heavy atom. The van der Waals surface area contributed by atoms with Crippen LogP contribution in [-0.4, -0.2) is 58.7 Å². The van der Waals surface area contributed by atoms with Crippen LogP contribution in [0.15, 0.2) is 60.9 Å². The normalized spacial score (nSPS) is 14.8. The highest BCUT2D eigenvalue weighted by molar-refractivity contribution is 5.29. The molecule has 3 heterocycles. The van der Waals surface area contributed by atoms with Gasteiger partial charge in [-0.3, -0.25) is 14.8 Å². The lowest BCUT2D eigenvalue weighted by Gasteiger charge is -2.28. The van der Waals surface area contributed by atoms with Crippen molar-refractivity contribution in [1.82, 2.24) is 19.4 Å². The Morgan fingerprint density at radius 3 is 2.50 bits per heavy atom. The van der Waals surface area contributed by atoms with Crippen LogP contribution in [0.4, 0.5) is 0 Å². The number of hydrogen-bond acceptors (Lipinski definition) is 4. The Labute approximate surface area is 192 Å². The molecule has 0 bridgehead atoms. The molecule has 0 amide bonds. The standard InChI is InChI=1S/C27H36N4O/c1-23-18-27(24(2)31(23)21-25-8-4-3-5-9-25)22-30(20-26-10-6-11-28-19-26)13-7-12-29-14-16-32-17-15-29/h3-6,8-11,18-19H,7,12-17,20-22H2,1-2H3. The van der Waals surface area contributed by atoms with Crippen molar-refractivity contribution in [2.45, 2.75) is 39.9 Å².